The summed E-state index contributed by atoms with van der Waals surface area (Å²) in [6, 6.07) is 3.60. The van der Waals surface area contributed by atoms with E-state index >= 15 is 0 Å². The van der Waals surface area contributed by atoms with Gasteiger partial charge >= 0.3 is 0 Å². The molecule has 0 saturated carbocycles. The fourth-order valence-corrected chi connectivity index (χ4v) is 3.59. The van der Waals surface area contributed by atoms with Gasteiger partial charge in [-0.15, -0.1) is 21.5 Å². The molecule has 0 aliphatic carbocycles. The van der Waals surface area contributed by atoms with Crippen LogP contribution in [0.4, 0.5) is 5.82 Å². The molecule has 0 aromatic carbocycles. The molecule has 1 amide bonds. The number of thiazole rings is 1. The lowest BCUT2D eigenvalue weighted by Gasteiger charge is -2.27. The standard InChI is InChI=1S/C15H17N7OS/c23-14(16-8-11-9-24-15-17-10-18-22(11)15)12-4-5-13(20-19-12)21-6-2-1-3-7-21/h4-5,9-10H,1-3,6-8H2,(H,16,23). The topological polar surface area (TPSA) is 88.3 Å². The zero-order valence-corrected chi connectivity index (χ0v) is 13.9. The second-order valence-corrected chi connectivity index (χ2v) is 6.53. The predicted octanol–water partition coefficient (Wildman–Crippen LogP) is 1.50. The SMILES string of the molecule is O=C(NCc1csc2ncnn12)c1ccc(N2CCCCC2)nn1. The van der Waals surface area contributed by atoms with Gasteiger partial charge in [-0.2, -0.15) is 5.10 Å². The lowest BCUT2D eigenvalue weighted by atomic mass is 10.1. The van der Waals surface area contributed by atoms with Crippen molar-refractivity contribution in [3.05, 3.63) is 35.2 Å². The van der Waals surface area contributed by atoms with E-state index in [1.807, 2.05) is 11.4 Å². The van der Waals surface area contributed by atoms with Crippen LogP contribution < -0.4 is 10.2 Å². The summed E-state index contributed by atoms with van der Waals surface area (Å²) in [5.41, 5.74) is 1.21. The van der Waals surface area contributed by atoms with Gasteiger partial charge < -0.3 is 10.2 Å². The molecule has 1 aliphatic heterocycles. The van der Waals surface area contributed by atoms with Crippen molar-refractivity contribution < 1.29 is 4.79 Å². The summed E-state index contributed by atoms with van der Waals surface area (Å²) in [5.74, 6) is 0.598. The summed E-state index contributed by atoms with van der Waals surface area (Å²) in [4.78, 5) is 19.4. The van der Waals surface area contributed by atoms with Gasteiger partial charge in [0.15, 0.2) is 11.5 Å². The zero-order chi connectivity index (χ0) is 16.4. The molecule has 0 atom stereocenters. The maximum absolute atomic E-state index is 12.2. The molecule has 4 rings (SSSR count). The molecular formula is C15H17N7OS. The van der Waals surface area contributed by atoms with E-state index in [0.717, 1.165) is 29.6 Å². The number of nitrogens with one attached hydrogen (secondary N) is 1. The van der Waals surface area contributed by atoms with Crippen LogP contribution >= 0.6 is 11.3 Å². The van der Waals surface area contributed by atoms with E-state index in [9.17, 15) is 4.79 Å². The van der Waals surface area contributed by atoms with Gasteiger partial charge in [0.2, 0.25) is 4.96 Å². The Morgan fingerprint density at radius 3 is 2.88 bits per heavy atom. The molecule has 8 nitrogen and oxygen atoms in total. The first-order chi connectivity index (χ1) is 11.8. The highest BCUT2D eigenvalue weighted by atomic mass is 32.1. The zero-order valence-electron chi connectivity index (χ0n) is 13.1. The molecule has 0 radical (unpaired) electrons. The lowest BCUT2D eigenvalue weighted by Crippen LogP contribution is -2.31. The third-order valence-corrected chi connectivity index (χ3v) is 4.96. The van der Waals surface area contributed by atoms with Gasteiger partial charge in [-0.3, -0.25) is 4.79 Å². The van der Waals surface area contributed by atoms with Crippen LogP contribution in [0.5, 0.6) is 0 Å². The van der Waals surface area contributed by atoms with Gasteiger partial charge in [0.05, 0.1) is 12.2 Å². The number of carbonyl (C=O) groups is 1. The Bertz CT molecular complexity index is 835. The molecule has 9 heteroatoms. The number of amides is 1. The van der Waals surface area contributed by atoms with Gasteiger partial charge in [0, 0.05) is 18.5 Å². The smallest absolute Gasteiger partial charge is 0.272 e. The van der Waals surface area contributed by atoms with E-state index in [0.29, 0.717) is 12.2 Å². The van der Waals surface area contributed by atoms with Crippen molar-refractivity contribution in [1.82, 2.24) is 30.1 Å². The van der Waals surface area contributed by atoms with Crippen LogP contribution in [0.15, 0.2) is 23.8 Å². The molecule has 1 N–H and O–H groups in total. The monoisotopic (exact) mass is 343 g/mol. The van der Waals surface area contributed by atoms with Crippen molar-refractivity contribution in [2.45, 2.75) is 25.8 Å². The maximum Gasteiger partial charge on any atom is 0.272 e. The Morgan fingerprint density at radius 1 is 1.21 bits per heavy atom. The van der Waals surface area contributed by atoms with Crippen LogP contribution in [0.1, 0.15) is 35.4 Å². The fraction of sp³-hybridized carbons (Fsp3) is 0.400. The number of hydrogen-bond donors (Lipinski definition) is 1. The van der Waals surface area contributed by atoms with Crippen LogP contribution in [-0.2, 0) is 6.54 Å². The first-order valence-corrected chi connectivity index (χ1v) is 8.82. The molecule has 0 spiro atoms. The first-order valence-electron chi connectivity index (χ1n) is 7.94. The Morgan fingerprint density at radius 2 is 2.08 bits per heavy atom. The number of nitrogens with zero attached hydrogens (tertiary/aromatic N) is 6. The maximum atomic E-state index is 12.2. The van der Waals surface area contributed by atoms with E-state index in [1.165, 1.54) is 36.9 Å². The molecule has 1 aliphatic rings. The number of piperidine rings is 1. The molecule has 0 bridgehead atoms. The van der Waals surface area contributed by atoms with E-state index in [2.05, 4.69) is 30.5 Å². The number of aromatic nitrogens is 5. The van der Waals surface area contributed by atoms with E-state index in [-0.39, 0.29) is 5.91 Å². The summed E-state index contributed by atoms with van der Waals surface area (Å²) < 4.78 is 1.72. The molecule has 1 fully saturated rings. The van der Waals surface area contributed by atoms with Gasteiger partial charge in [0.25, 0.3) is 5.91 Å². The average Bonchev–Trinajstić information content (AvgIpc) is 3.25. The minimum absolute atomic E-state index is 0.243. The van der Waals surface area contributed by atoms with Crippen LogP contribution in [-0.4, -0.2) is 43.8 Å². The van der Waals surface area contributed by atoms with Crippen molar-refractivity contribution in [2.24, 2.45) is 0 Å². The minimum atomic E-state index is -0.243. The summed E-state index contributed by atoms with van der Waals surface area (Å²) in [5, 5.41) is 17.2. The van der Waals surface area contributed by atoms with Gasteiger partial charge in [-0.05, 0) is 31.4 Å². The highest BCUT2D eigenvalue weighted by Crippen LogP contribution is 2.16. The quantitative estimate of drug-likeness (QED) is 0.772. The van der Waals surface area contributed by atoms with Crippen molar-refractivity contribution in [2.75, 3.05) is 18.0 Å². The molecular weight excluding hydrogens is 326 g/mol. The summed E-state index contributed by atoms with van der Waals surface area (Å²) in [6.07, 6.45) is 5.14. The van der Waals surface area contributed by atoms with E-state index < -0.39 is 0 Å². The number of anilines is 1. The second kappa shape index (κ2) is 6.52. The van der Waals surface area contributed by atoms with Crippen LogP contribution in [0.3, 0.4) is 0 Å². The molecule has 124 valence electrons. The molecule has 4 heterocycles. The van der Waals surface area contributed by atoms with Crippen molar-refractivity contribution in [3.8, 4) is 0 Å². The van der Waals surface area contributed by atoms with Crippen molar-refractivity contribution in [3.63, 3.8) is 0 Å². The molecule has 3 aromatic rings. The highest BCUT2D eigenvalue weighted by molar-refractivity contribution is 7.15. The number of fused-ring (bicyclic) bond motifs is 1. The van der Waals surface area contributed by atoms with Crippen molar-refractivity contribution >= 4 is 28.0 Å². The highest BCUT2D eigenvalue weighted by Gasteiger charge is 2.15. The summed E-state index contributed by atoms with van der Waals surface area (Å²) in [6.45, 7) is 2.39. The molecule has 0 unspecified atom stereocenters. The Balaban J connectivity index is 1.40. The second-order valence-electron chi connectivity index (χ2n) is 5.69. The van der Waals surface area contributed by atoms with Crippen LogP contribution in [0, 0.1) is 0 Å². The fourth-order valence-electron chi connectivity index (χ4n) is 2.79. The van der Waals surface area contributed by atoms with Gasteiger partial charge in [0.1, 0.15) is 6.33 Å². The molecule has 24 heavy (non-hydrogen) atoms. The van der Waals surface area contributed by atoms with Gasteiger partial charge in [-0.25, -0.2) is 9.50 Å². The normalized spacial score (nSPS) is 14.9. The molecule has 3 aromatic heterocycles. The molecule has 1 saturated heterocycles. The number of carbonyl (C=O) groups excluding carboxylic acids is 1. The minimum Gasteiger partial charge on any atom is -0.355 e. The van der Waals surface area contributed by atoms with Crippen molar-refractivity contribution in [1.29, 1.82) is 0 Å². The third-order valence-electron chi connectivity index (χ3n) is 4.08. The Hall–Kier alpha value is -2.55. The average molecular weight is 343 g/mol. The van der Waals surface area contributed by atoms with Crippen LogP contribution in [0.2, 0.25) is 0 Å². The summed E-state index contributed by atoms with van der Waals surface area (Å²) >= 11 is 1.49. The number of rotatable bonds is 4. The third kappa shape index (κ3) is 2.94. The predicted molar refractivity (Wildman–Crippen MR) is 90.1 cm³/mol. The van der Waals surface area contributed by atoms with Gasteiger partial charge in [-0.1, -0.05) is 0 Å². The first kappa shape index (κ1) is 15.0. The number of hydrogen-bond acceptors (Lipinski definition) is 7. The lowest BCUT2D eigenvalue weighted by molar-refractivity contribution is 0.0944. The van der Waals surface area contributed by atoms with E-state index in [4.69, 9.17) is 0 Å². The van der Waals surface area contributed by atoms with E-state index in [1.54, 1.807) is 10.6 Å². The Kier molecular flexibility index (Phi) is 4.08. The summed E-state index contributed by atoms with van der Waals surface area (Å²) in [7, 11) is 0. The largest absolute Gasteiger partial charge is 0.355 e. The Labute approximate surface area is 142 Å². The van der Waals surface area contributed by atoms with Crippen LogP contribution in [0.25, 0.3) is 4.96 Å².